The summed E-state index contributed by atoms with van der Waals surface area (Å²) in [5, 5.41) is 0. The van der Waals surface area contributed by atoms with Crippen LogP contribution in [0, 0.1) is 0 Å². The van der Waals surface area contributed by atoms with Crippen molar-refractivity contribution in [3.8, 4) is 5.75 Å². The SMILES string of the molecule is CCCCn1c(=NC(=O)c2cc(C(F)(F)F)ccc2OC[C@H](C)OC(=O)C(C)(C)N)sc2ccncc21. The lowest BCUT2D eigenvalue weighted by Gasteiger charge is -2.21. The minimum Gasteiger partial charge on any atom is -0.489 e. The number of fused-ring (bicyclic) bond motifs is 1. The molecule has 200 valence electrons. The lowest BCUT2D eigenvalue weighted by atomic mass is 10.1. The number of amides is 1. The third kappa shape index (κ3) is 7.16. The Morgan fingerprint density at radius 2 is 1.97 bits per heavy atom. The van der Waals surface area contributed by atoms with Gasteiger partial charge in [0.05, 0.1) is 27.5 Å². The number of ether oxygens (including phenoxy) is 2. The molecule has 1 atom stereocenters. The summed E-state index contributed by atoms with van der Waals surface area (Å²) in [7, 11) is 0. The number of hydrogen-bond acceptors (Lipinski definition) is 7. The van der Waals surface area contributed by atoms with Gasteiger partial charge in [0.2, 0.25) is 0 Å². The quantitative estimate of drug-likeness (QED) is 0.396. The first-order valence-corrected chi connectivity index (χ1v) is 12.5. The molecule has 3 rings (SSSR count). The van der Waals surface area contributed by atoms with E-state index < -0.39 is 35.3 Å². The molecule has 0 spiro atoms. The van der Waals surface area contributed by atoms with Crippen LogP contribution in [0.15, 0.2) is 41.7 Å². The molecule has 0 saturated heterocycles. The molecule has 1 aromatic carbocycles. The van der Waals surface area contributed by atoms with Gasteiger partial charge in [-0.3, -0.25) is 14.6 Å². The molecule has 0 aliphatic heterocycles. The first-order valence-electron chi connectivity index (χ1n) is 11.7. The van der Waals surface area contributed by atoms with Crippen molar-refractivity contribution in [1.29, 1.82) is 0 Å². The number of aromatic nitrogens is 2. The number of aryl methyl sites for hydroxylation is 1. The predicted molar refractivity (Wildman–Crippen MR) is 133 cm³/mol. The second-order valence-corrected chi connectivity index (χ2v) is 10.1. The fourth-order valence-corrected chi connectivity index (χ4v) is 4.28. The van der Waals surface area contributed by atoms with Crippen molar-refractivity contribution in [3.05, 3.63) is 52.6 Å². The molecular weight excluding hydrogens is 509 g/mol. The minimum atomic E-state index is -4.67. The second-order valence-electron chi connectivity index (χ2n) is 9.11. The number of rotatable bonds is 9. The van der Waals surface area contributed by atoms with Crippen molar-refractivity contribution in [3.63, 3.8) is 0 Å². The van der Waals surface area contributed by atoms with Gasteiger partial charge in [-0.25, -0.2) is 0 Å². The highest BCUT2D eigenvalue weighted by molar-refractivity contribution is 7.16. The Morgan fingerprint density at radius 1 is 1.24 bits per heavy atom. The Morgan fingerprint density at radius 3 is 2.62 bits per heavy atom. The number of esters is 1. The molecule has 0 radical (unpaired) electrons. The van der Waals surface area contributed by atoms with Crippen LogP contribution in [0.3, 0.4) is 0 Å². The number of halogens is 3. The van der Waals surface area contributed by atoms with Crippen LogP contribution in [0.25, 0.3) is 10.2 Å². The standard InChI is InChI=1S/C25H29F3N4O4S/c1-5-6-11-32-18-13-30-10-9-20(18)37-23(32)31-21(33)17-12-16(25(26,27)28)7-8-19(17)35-14-15(2)36-22(34)24(3,4)29/h7-10,12-13,15H,5-6,11,14,29H2,1-4H3/t15-/m0/s1. The Kier molecular flexibility index (Phi) is 8.75. The Balaban J connectivity index is 1.98. The number of unbranched alkanes of at least 4 members (excludes halogenated alkanes) is 1. The molecule has 12 heteroatoms. The van der Waals surface area contributed by atoms with E-state index in [1.807, 2.05) is 11.5 Å². The lowest BCUT2D eigenvalue weighted by molar-refractivity contribution is -0.154. The number of alkyl halides is 3. The molecule has 8 nitrogen and oxygen atoms in total. The van der Waals surface area contributed by atoms with Crippen LogP contribution in [0.2, 0.25) is 0 Å². The molecule has 37 heavy (non-hydrogen) atoms. The average Bonchev–Trinajstić information content (AvgIpc) is 3.16. The molecule has 0 saturated carbocycles. The number of pyridine rings is 1. The molecular formula is C25H29F3N4O4S. The fourth-order valence-electron chi connectivity index (χ4n) is 3.26. The normalized spacial score (nSPS) is 13.6. The highest BCUT2D eigenvalue weighted by Crippen LogP contribution is 2.33. The number of carbonyl (C=O) groups is 2. The van der Waals surface area contributed by atoms with Gasteiger partial charge in [-0.05, 0) is 51.5 Å². The van der Waals surface area contributed by atoms with Crippen LogP contribution < -0.4 is 15.3 Å². The summed E-state index contributed by atoms with van der Waals surface area (Å²) in [6.07, 6.45) is -0.455. The van der Waals surface area contributed by atoms with E-state index in [4.69, 9.17) is 15.2 Å². The van der Waals surface area contributed by atoms with E-state index in [-0.39, 0.29) is 17.9 Å². The van der Waals surface area contributed by atoms with Crippen LogP contribution in [0.1, 0.15) is 56.5 Å². The average molecular weight is 539 g/mol. The van der Waals surface area contributed by atoms with Gasteiger partial charge in [0.1, 0.15) is 24.0 Å². The van der Waals surface area contributed by atoms with Gasteiger partial charge in [-0.15, -0.1) is 0 Å². The Bertz CT molecular complexity index is 1340. The monoisotopic (exact) mass is 538 g/mol. The summed E-state index contributed by atoms with van der Waals surface area (Å²) in [6.45, 7) is 6.89. The van der Waals surface area contributed by atoms with Crippen molar-refractivity contribution >= 4 is 33.4 Å². The third-order valence-electron chi connectivity index (χ3n) is 5.26. The zero-order valence-electron chi connectivity index (χ0n) is 21.0. The fraction of sp³-hybridized carbons (Fsp3) is 0.440. The van der Waals surface area contributed by atoms with E-state index in [9.17, 15) is 22.8 Å². The number of nitrogens with zero attached hydrogens (tertiary/aromatic N) is 3. The van der Waals surface area contributed by atoms with Crippen LogP contribution in [0.5, 0.6) is 5.75 Å². The first-order chi connectivity index (χ1) is 17.3. The van der Waals surface area contributed by atoms with Crippen molar-refractivity contribution in [2.45, 2.75) is 64.9 Å². The Labute approximate surface area is 215 Å². The topological polar surface area (TPSA) is 109 Å². The summed E-state index contributed by atoms with van der Waals surface area (Å²) >= 11 is 1.24. The number of benzene rings is 1. The maximum absolute atomic E-state index is 13.4. The molecule has 1 amide bonds. The number of hydrogen-bond donors (Lipinski definition) is 1. The van der Waals surface area contributed by atoms with Gasteiger partial charge in [0.25, 0.3) is 5.91 Å². The first kappa shape index (κ1) is 28.3. The van der Waals surface area contributed by atoms with Gasteiger partial charge in [0, 0.05) is 12.7 Å². The second kappa shape index (κ2) is 11.4. The third-order valence-corrected chi connectivity index (χ3v) is 6.32. The van der Waals surface area contributed by atoms with Crippen molar-refractivity contribution in [2.24, 2.45) is 10.7 Å². The van der Waals surface area contributed by atoms with Crippen LogP contribution in [0.4, 0.5) is 13.2 Å². The van der Waals surface area contributed by atoms with Gasteiger partial charge in [-0.1, -0.05) is 24.7 Å². The summed E-state index contributed by atoms with van der Waals surface area (Å²) in [4.78, 5) is 33.9. The summed E-state index contributed by atoms with van der Waals surface area (Å²) in [5.41, 5.74) is 3.90. The molecule has 2 N–H and O–H groups in total. The van der Waals surface area contributed by atoms with Gasteiger partial charge in [-0.2, -0.15) is 18.2 Å². The summed E-state index contributed by atoms with van der Waals surface area (Å²) < 4.78 is 53.8. The van der Waals surface area contributed by atoms with E-state index in [1.165, 1.54) is 25.2 Å². The molecule has 0 aliphatic rings. The molecule has 3 aromatic rings. The van der Waals surface area contributed by atoms with Gasteiger partial charge in [0.15, 0.2) is 4.80 Å². The lowest BCUT2D eigenvalue weighted by Crippen LogP contribution is -2.44. The number of thiazole rings is 1. The van der Waals surface area contributed by atoms with Crippen LogP contribution in [-0.2, 0) is 22.3 Å². The molecule has 0 unspecified atom stereocenters. The van der Waals surface area contributed by atoms with E-state index in [0.717, 1.165) is 35.2 Å². The largest absolute Gasteiger partial charge is 0.489 e. The smallest absolute Gasteiger partial charge is 0.416 e. The Hall–Kier alpha value is -3.25. The summed E-state index contributed by atoms with van der Waals surface area (Å²) in [5.74, 6) is -1.67. The van der Waals surface area contributed by atoms with Gasteiger partial charge >= 0.3 is 12.1 Å². The molecule has 0 bridgehead atoms. The molecule has 2 heterocycles. The zero-order valence-corrected chi connectivity index (χ0v) is 21.8. The summed E-state index contributed by atoms with van der Waals surface area (Å²) in [6, 6.07) is 4.38. The maximum atomic E-state index is 13.4. The zero-order chi connectivity index (χ0) is 27.4. The molecule has 2 aromatic heterocycles. The predicted octanol–water partition coefficient (Wildman–Crippen LogP) is 4.71. The van der Waals surface area contributed by atoms with E-state index >= 15 is 0 Å². The number of carbonyl (C=O) groups excluding carboxylic acids is 2. The van der Waals surface area contributed by atoms with E-state index in [1.54, 1.807) is 25.4 Å². The highest BCUT2D eigenvalue weighted by Gasteiger charge is 2.32. The maximum Gasteiger partial charge on any atom is 0.416 e. The van der Waals surface area contributed by atoms with E-state index in [0.29, 0.717) is 17.4 Å². The van der Waals surface area contributed by atoms with Crippen molar-refractivity contribution < 1.29 is 32.2 Å². The van der Waals surface area contributed by atoms with Crippen LogP contribution >= 0.6 is 11.3 Å². The van der Waals surface area contributed by atoms with E-state index in [2.05, 4.69) is 9.98 Å². The molecule has 0 fully saturated rings. The van der Waals surface area contributed by atoms with Crippen molar-refractivity contribution in [1.82, 2.24) is 9.55 Å². The minimum absolute atomic E-state index is 0.112. The van der Waals surface area contributed by atoms with Crippen molar-refractivity contribution in [2.75, 3.05) is 6.61 Å². The van der Waals surface area contributed by atoms with Crippen LogP contribution in [-0.4, -0.2) is 39.7 Å². The highest BCUT2D eigenvalue weighted by atomic mass is 32.1. The van der Waals surface area contributed by atoms with Gasteiger partial charge < -0.3 is 19.8 Å². The molecule has 0 aliphatic carbocycles. The number of nitrogens with two attached hydrogens (primary N) is 1.